The maximum atomic E-state index is 12.3. The molecule has 0 radical (unpaired) electrons. The van der Waals surface area contributed by atoms with Gasteiger partial charge in [-0.25, -0.2) is 0 Å². The second-order valence-electron chi connectivity index (χ2n) is 5.15. The summed E-state index contributed by atoms with van der Waals surface area (Å²) in [6.45, 7) is 2.70. The van der Waals surface area contributed by atoms with Gasteiger partial charge in [-0.3, -0.25) is 9.79 Å². The first-order valence-electron chi connectivity index (χ1n) is 7.07. The summed E-state index contributed by atoms with van der Waals surface area (Å²) in [6.07, 6.45) is 2.19. The summed E-state index contributed by atoms with van der Waals surface area (Å²) in [5.41, 5.74) is 0. The highest BCUT2D eigenvalue weighted by Gasteiger charge is 2.25. The van der Waals surface area contributed by atoms with Crippen molar-refractivity contribution in [1.29, 1.82) is 0 Å². The Bertz CT molecular complexity index is 538. The fourth-order valence-corrected chi connectivity index (χ4v) is 5.71. The lowest BCUT2D eigenvalue weighted by Crippen LogP contribution is -2.38. The van der Waals surface area contributed by atoms with Gasteiger partial charge in [-0.15, -0.1) is 11.3 Å². The summed E-state index contributed by atoms with van der Waals surface area (Å²) in [7, 11) is 0. The van der Waals surface area contributed by atoms with Gasteiger partial charge in [0.2, 0.25) is 0 Å². The standard InChI is InChI=1S/C14H17ClN2OS3/c15-12-2-1-11(21-12)13(18)17-6-3-10(4-7-17)9-20-14-16-5-8-19-14/h1-2,10H,3-9H2. The molecule has 0 unspecified atom stereocenters. The molecule has 0 aliphatic carbocycles. The van der Waals surface area contributed by atoms with E-state index in [2.05, 4.69) is 4.99 Å². The molecule has 0 spiro atoms. The largest absolute Gasteiger partial charge is 0.338 e. The van der Waals surface area contributed by atoms with Crippen LogP contribution in [0, 0.1) is 5.92 Å². The van der Waals surface area contributed by atoms with E-state index >= 15 is 0 Å². The normalized spacial score (nSPS) is 19.9. The van der Waals surface area contributed by atoms with Gasteiger partial charge in [-0.05, 0) is 30.9 Å². The van der Waals surface area contributed by atoms with Gasteiger partial charge in [0.25, 0.3) is 5.91 Å². The highest BCUT2D eigenvalue weighted by molar-refractivity contribution is 8.39. The number of halogens is 1. The van der Waals surface area contributed by atoms with Crippen LogP contribution in [0.4, 0.5) is 0 Å². The summed E-state index contributed by atoms with van der Waals surface area (Å²) in [5, 5.41) is 0. The Morgan fingerprint density at radius 1 is 1.43 bits per heavy atom. The second kappa shape index (κ2) is 7.40. The van der Waals surface area contributed by atoms with E-state index in [1.165, 1.54) is 15.7 Å². The number of aliphatic imine (C=N–C) groups is 1. The average molecular weight is 361 g/mol. The summed E-state index contributed by atoms with van der Waals surface area (Å²) in [4.78, 5) is 19.5. The van der Waals surface area contributed by atoms with Crippen LogP contribution in [0.25, 0.3) is 0 Å². The van der Waals surface area contributed by atoms with Gasteiger partial charge in [0.1, 0.15) is 4.38 Å². The predicted molar refractivity (Wildman–Crippen MR) is 95.2 cm³/mol. The number of likely N-dealkylation sites (tertiary alicyclic amines) is 1. The third kappa shape index (κ3) is 4.18. The summed E-state index contributed by atoms with van der Waals surface area (Å²) < 4.78 is 1.93. The third-order valence-electron chi connectivity index (χ3n) is 3.69. The van der Waals surface area contributed by atoms with Crippen LogP contribution in [0.3, 0.4) is 0 Å². The van der Waals surface area contributed by atoms with Crippen LogP contribution in [0.1, 0.15) is 22.5 Å². The number of hydrogen-bond acceptors (Lipinski definition) is 5. The molecule has 7 heteroatoms. The van der Waals surface area contributed by atoms with E-state index in [4.69, 9.17) is 11.6 Å². The zero-order valence-electron chi connectivity index (χ0n) is 11.6. The predicted octanol–water partition coefficient (Wildman–Crippen LogP) is 4.09. The highest BCUT2D eigenvalue weighted by Crippen LogP contribution is 2.29. The first-order chi connectivity index (χ1) is 10.2. The molecular weight excluding hydrogens is 344 g/mol. The number of hydrogen-bond donors (Lipinski definition) is 0. The Hall–Kier alpha value is -0.170. The van der Waals surface area contributed by atoms with Crippen LogP contribution in [0.5, 0.6) is 0 Å². The fourth-order valence-electron chi connectivity index (χ4n) is 2.48. The zero-order chi connectivity index (χ0) is 14.7. The van der Waals surface area contributed by atoms with Crippen molar-refractivity contribution >= 4 is 56.7 Å². The number of thioether (sulfide) groups is 2. The summed E-state index contributed by atoms with van der Waals surface area (Å²) >= 11 is 11.0. The molecule has 0 aromatic carbocycles. The SMILES string of the molecule is O=C(c1ccc(Cl)s1)N1CCC(CSC2=NCCS2)CC1. The van der Waals surface area contributed by atoms with E-state index in [0.717, 1.165) is 48.9 Å². The molecule has 1 aromatic rings. The molecule has 1 saturated heterocycles. The lowest BCUT2D eigenvalue weighted by Gasteiger charge is -2.31. The van der Waals surface area contributed by atoms with E-state index in [0.29, 0.717) is 10.3 Å². The lowest BCUT2D eigenvalue weighted by molar-refractivity contribution is 0.0703. The van der Waals surface area contributed by atoms with Crippen molar-refractivity contribution in [2.45, 2.75) is 12.8 Å². The molecule has 1 aromatic heterocycles. The minimum Gasteiger partial charge on any atom is -0.338 e. The molecule has 1 amide bonds. The van der Waals surface area contributed by atoms with Crippen molar-refractivity contribution in [3.8, 4) is 0 Å². The third-order valence-corrected chi connectivity index (χ3v) is 7.39. The maximum Gasteiger partial charge on any atom is 0.263 e. The fraction of sp³-hybridized carbons (Fsp3) is 0.571. The Labute approximate surface area is 142 Å². The number of carbonyl (C=O) groups is 1. The van der Waals surface area contributed by atoms with Crippen LogP contribution >= 0.6 is 46.5 Å². The quantitative estimate of drug-likeness (QED) is 0.813. The van der Waals surface area contributed by atoms with Gasteiger partial charge in [0.15, 0.2) is 0 Å². The molecule has 2 aliphatic rings. The van der Waals surface area contributed by atoms with Gasteiger partial charge >= 0.3 is 0 Å². The molecule has 3 heterocycles. The van der Waals surface area contributed by atoms with Gasteiger partial charge in [-0.2, -0.15) is 0 Å². The van der Waals surface area contributed by atoms with Crippen LogP contribution in [-0.2, 0) is 0 Å². The van der Waals surface area contributed by atoms with Gasteiger partial charge in [-0.1, -0.05) is 35.1 Å². The average Bonchev–Trinajstić information content (AvgIpc) is 3.16. The number of carbonyl (C=O) groups excluding carboxylic acids is 1. The summed E-state index contributed by atoms with van der Waals surface area (Å²) in [5.74, 6) is 3.11. The van der Waals surface area contributed by atoms with E-state index < -0.39 is 0 Å². The lowest BCUT2D eigenvalue weighted by atomic mass is 9.99. The van der Waals surface area contributed by atoms with Gasteiger partial charge < -0.3 is 4.90 Å². The smallest absolute Gasteiger partial charge is 0.263 e. The van der Waals surface area contributed by atoms with Crippen molar-refractivity contribution in [3.05, 3.63) is 21.3 Å². The van der Waals surface area contributed by atoms with E-state index in [-0.39, 0.29) is 5.91 Å². The number of amides is 1. The van der Waals surface area contributed by atoms with Crippen molar-refractivity contribution in [2.24, 2.45) is 10.9 Å². The molecule has 1 fully saturated rings. The van der Waals surface area contributed by atoms with Crippen LogP contribution in [0.2, 0.25) is 4.34 Å². The minimum absolute atomic E-state index is 0.133. The Balaban J connectivity index is 1.45. The molecule has 2 aliphatic heterocycles. The highest BCUT2D eigenvalue weighted by atomic mass is 35.5. The monoisotopic (exact) mass is 360 g/mol. The second-order valence-corrected chi connectivity index (χ2v) is 9.21. The molecular formula is C14H17ClN2OS3. The van der Waals surface area contributed by atoms with Crippen molar-refractivity contribution in [2.75, 3.05) is 31.1 Å². The number of thiophene rings is 1. The zero-order valence-corrected chi connectivity index (χ0v) is 14.8. The Morgan fingerprint density at radius 3 is 2.86 bits per heavy atom. The summed E-state index contributed by atoms with van der Waals surface area (Å²) in [6, 6.07) is 3.62. The van der Waals surface area contributed by atoms with Crippen molar-refractivity contribution < 1.29 is 4.79 Å². The van der Waals surface area contributed by atoms with Gasteiger partial charge in [0.05, 0.1) is 15.8 Å². The molecule has 3 nitrogen and oxygen atoms in total. The maximum absolute atomic E-state index is 12.3. The molecule has 0 N–H and O–H groups in total. The van der Waals surface area contributed by atoms with E-state index in [1.54, 1.807) is 6.07 Å². The first kappa shape index (κ1) is 15.7. The minimum atomic E-state index is 0.133. The van der Waals surface area contributed by atoms with Crippen LogP contribution in [0.15, 0.2) is 17.1 Å². The Morgan fingerprint density at radius 2 is 2.24 bits per heavy atom. The van der Waals surface area contributed by atoms with E-state index in [1.807, 2.05) is 34.5 Å². The van der Waals surface area contributed by atoms with Crippen molar-refractivity contribution in [3.63, 3.8) is 0 Å². The van der Waals surface area contributed by atoms with Crippen LogP contribution < -0.4 is 0 Å². The topological polar surface area (TPSA) is 32.7 Å². The molecule has 114 valence electrons. The number of piperidine rings is 1. The van der Waals surface area contributed by atoms with Crippen LogP contribution in [-0.4, -0.2) is 46.3 Å². The molecule has 0 saturated carbocycles. The Kier molecular flexibility index (Phi) is 5.54. The molecule has 0 bridgehead atoms. The first-order valence-corrected chi connectivity index (χ1v) is 10.2. The molecule has 0 atom stereocenters. The number of rotatable bonds is 3. The van der Waals surface area contributed by atoms with Crippen molar-refractivity contribution in [1.82, 2.24) is 4.90 Å². The van der Waals surface area contributed by atoms with E-state index in [9.17, 15) is 4.79 Å². The molecule has 3 rings (SSSR count). The number of nitrogens with zero attached hydrogens (tertiary/aromatic N) is 2. The molecule has 21 heavy (non-hydrogen) atoms. The van der Waals surface area contributed by atoms with Gasteiger partial charge in [0, 0.05) is 24.6 Å².